The highest BCUT2D eigenvalue weighted by atomic mass is 32.2. The molecule has 0 saturated carbocycles. The van der Waals surface area contributed by atoms with Gasteiger partial charge in [0.25, 0.3) is 5.91 Å². The first-order valence-corrected chi connectivity index (χ1v) is 10.3. The monoisotopic (exact) mass is 366 g/mol. The first-order valence-electron chi connectivity index (χ1n) is 8.87. The van der Waals surface area contributed by atoms with Crippen LogP contribution >= 0.6 is 0 Å². The highest BCUT2D eigenvalue weighted by Crippen LogP contribution is 2.27. The number of aliphatic hydroxyl groups is 1. The van der Waals surface area contributed by atoms with Gasteiger partial charge in [0.05, 0.1) is 4.90 Å². The van der Waals surface area contributed by atoms with Crippen LogP contribution in [0.5, 0.6) is 0 Å². The molecule has 1 unspecified atom stereocenters. The Kier molecular flexibility index (Phi) is 5.18. The number of aliphatic hydroxyl groups excluding tert-OH is 1. The average molecular weight is 366 g/mol. The van der Waals surface area contributed by atoms with Gasteiger partial charge < -0.3 is 10.0 Å². The van der Waals surface area contributed by atoms with Crippen molar-refractivity contribution in [1.82, 2.24) is 9.21 Å². The zero-order valence-corrected chi connectivity index (χ0v) is 15.6. The average Bonchev–Trinajstić information content (AvgIpc) is 2.54. The lowest BCUT2D eigenvalue weighted by molar-refractivity contribution is 0.0361. The molecule has 2 aliphatic heterocycles. The van der Waals surface area contributed by atoms with Crippen molar-refractivity contribution in [1.29, 1.82) is 0 Å². The van der Waals surface area contributed by atoms with E-state index in [0.29, 0.717) is 25.2 Å². The van der Waals surface area contributed by atoms with Crippen LogP contribution in [0.1, 0.15) is 42.1 Å². The summed E-state index contributed by atoms with van der Waals surface area (Å²) in [5.74, 6) is -0.0312. The SMILES string of the molecule is Cc1ccc(S(=O)(=O)N2CCCCC2C)cc1C(=O)N1CC(CO)C1. The molecule has 0 aromatic heterocycles. The highest BCUT2D eigenvalue weighted by molar-refractivity contribution is 7.89. The molecule has 7 heteroatoms. The number of carbonyl (C=O) groups is 1. The second-order valence-corrected chi connectivity index (χ2v) is 9.09. The molecule has 1 aromatic rings. The Hall–Kier alpha value is -1.44. The van der Waals surface area contributed by atoms with Gasteiger partial charge >= 0.3 is 0 Å². The molecule has 138 valence electrons. The number of hydrogen-bond donors (Lipinski definition) is 1. The van der Waals surface area contributed by atoms with Crippen molar-refractivity contribution in [2.45, 2.75) is 44.0 Å². The molecule has 2 saturated heterocycles. The predicted octanol–water partition coefficient (Wildman–Crippen LogP) is 1.62. The van der Waals surface area contributed by atoms with Gasteiger partial charge in [-0.05, 0) is 44.4 Å². The van der Waals surface area contributed by atoms with E-state index in [0.717, 1.165) is 24.8 Å². The molecule has 1 N–H and O–H groups in total. The van der Waals surface area contributed by atoms with E-state index in [2.05, 4.69) is 0 Å². The fourth-order valence-corrected chi connectivity index (χ4v) is 5.30. The summed E-state index contributed by atoms with van der Waals surface area (Å²) in [6, 6.07) is 4.80. The molecule has 2 heterocycles. The molecule has 1 amide bonds. The maximum absolute atomic E-state index is 13.0. The van der Waals surface area contributed by atoms with E-state index in [9.17, 15) is 13.2 Å². The first-order chi connectivity index (χ1) is 11.8. The van der Waals surface area contributed by atoms with Gasteiger partial charge in [-0.15, -0.1) is 0 Å². The van der Waals surface area contributed by atoms with E-state index in [1.165, 1.54) is 6.07 Å². The van der Waals surface area contributed by atoms with Gasteiger partial charge in [0.15, 0.2) is 0 Å². The van der Waals surface area contributed by atoms with Crippen molar-refractivity contribution in [2.75, 3.05) is 26.2 Å². The van der Waals surface area contributed by atoms with Crippen LogP contribution in [0.2, 0.25) is 0 Å². The van der Waals surface area contributed by atoms with Crippen molar-refractivity contribution < 1.29 is 18.3 Å². The summed E-state index contributed by atoms with van der Waals surface area (Å²) in [7, 11) is -3.59. The van der Waals surface area contributed by atoms with E-state index in [-0.39, 0.29) is 29.4 Å². The van der Waals surface area contributed by atoms with Gasteiger partial charge in [-0.2, -0.15) is 4.31 Å². The number of likely N-dealkylation sites (tertiary alicyclic amines) is 1. The maximum atomic E-state index is 13.0. The summed E-state index contributed by atoms with van der Waals surface area (Å²) in [5.41, 5.74) is 1.20. The molecule has 1 atom stereocenters. The number of amides is 1. The molecular formula is C18H26N2O4S. The molecule has 0 bridgehead atoms. The quantitative estimate of drug-likeness (QED) is 0.878. The summed E-state index contributed by atoms with van der Waals surface area (Å²) < 4.78 is 27.6. The first kappa shape index (κ1) is 18.4. The fourth-order valence-electron chi connectivity index (χ4n) is 3.58. The van der Waals surface area contributed by atoms with Gasteiger partial charge in [-0.1, -0.05) is 12.5 Å². The molecule has 25 heavy (non-hydrogen) atoms. The molecule has 0 aliphatic carbocycles. The number of hydrogen-bond acceptors (Lipinski definition) is 4. The van der Waals surface area contributed by atoms with Gasteiger partial charge in [0, 0.05) is 43.8 Å². The van der Waals surface area contributed by atoms with Crippen LogP contribution in [0.4, 0.5) is 0 Å². The Balaban J connectivity index is 1.87. The molecule has 3 rings (SSSR count). The largest absolute Gasteiger partial charge is 0.396 e. The Morgan fingerprint density at radius 2 is 2.00 bits per heavy atom. The van der Waals surface area contributed by atoms with Crippen molar-refractivity contribution in [2.24, 2.45) is 5.92 Å². The van der Waals surface area contributed by atoms with Gasteiger partial charge in [0.2, 0.25) is 10.0 Å². The van der Waals surface area contributed by atoms with Crippen molar-refractivity contribution in [3.8, 4) is 0 Å². The number of benzene rings is 1. The van der Waals surface area contributed by atoms with Crippen LogP contribution in [0.3, 0.4) is 0 Å². The Morgan fingerprint density at radius 3 is 2.64 bits per heavy atom. The van der Waals surface area contributed by atoms with E-state index in [4.69, 9.17) is 5.11 Å². The smallest absolute Gasteiger partial charge is 0.254 e. The number of rotatable bonds is 4. The van der Waals surface area contributed by atoms with Crippen molar-refractivity contribution in [3.63, 3.8) is 0 Å². The summed E-state index contributed by atoms with van der Waals surface area (Å²) >= 11 is 0. The summed E-state index contributed by atoms with van der Waals surface area (Å²) in [5, 5.41) is 9.11. The molecular weight excluding hydrogens is 340 g/mol. The van der Waals surface area contributed by atoms with E-state index >= 15 is 0 Å². The lowest BCUT2D eigenvalue weighted by Crippen LogP contribution is -2.51. The van der Waals surface area contributed by atoms with Crippen LogP contribution in [-0.4, -0.2) is 60.9 Å². The molecule has 2 aliphatic rings. The minimum atomic E-state index is -3.59. The van der Waals surface area contributed by atoms with Crippen LogP contribution in [0.15, 0.2) is 23.1 Å². The summed E-state index contributed by atoms with van der Waals surface area (Å²) in [6.45, 7) is 5.40. The van der Waals surface area contributed by atoms with Gasteiger partial charge in [-0.25, -0.2) is 8.42 Å². The highest BCUT2D eigenvalue weighted by Gasteiger charge is 2.34. The van der Waals surface area contributed by atoms with Crippen molar-refractivity contribution >= 4 is 15.9 Å². The topological polar surface area (TPSA) is 77.9 Å². The second kappa shape index (κ2) is 7.05. The van der Waals surface area contributed by atoms with E-state index < -0.39 is 10.0 Å². The van der Waals surface area contributed by atoms with Gasteiger partial charge in [-0.3, -0.25) is 4.79 Å². The predicted molar refractivity (Wildman–Crippen MR) is 94.9 cm³/mol. The molecule has 6 nitrogen and oxygen atoms in total. The number of aryl methyl sites for hydroxylation is 1. The Morgan fingerprint density at radius 1 is 1.28 bits per heavy atom. The molecule has 2 fully saturated rings. The lowest BCUT2D eigenvalue weighted by Gasteiger charge is -2.38. The third-order valence-corrected chi connectivity index (χ3v) is 7.30. The summed E-state index contributed by atoms with van der Waals surface area (Å²) in [4.78, 5) is 14.5. The van der Waals surface area contributed by atoms with Crippen LogP contribution < -0.4 is 0 Å². The lowest BCUT2D eigenvalue weighted by atomic mass is 9.98. The number of piperidine rings is 1. The standard InChI is InChI=1S/C18H26N2O4S/c1-13-6-7-16(25(23,24)20-8-4-3-5-14(20)2)9-17(13)18(22)19-10-15(11-19)12-21/h6-7,9,14-15,21H,3-5,8,10-12H2,1-2H3. The second-order valence-electron chi connectivity index (χ2n) is 7.20. The third-order valence-electron chi connectivity index (χ3n) is 5.29. The van der Waals surface area contributed by atoms with E-state index in [1.54, 1.807) is 21.3 Å². The Labute approximate surface area is 149 Å². The molecule has 0 spiro atoms. The molecule has 0 radical (unpaired) electrons. The van der Waals surface area contributed by atoms with Crippen LogP contribution in [0, 0.1) is 12.8 Å². The Bertz CT molecular complexity index is 756. The van der Waals surface area contributed by atoms with Gasteiger partial charge in [0.1, 0.15) is 0 Å². The third kappa shape index (κ3) is 3.45. The van der Waals surface area contributed by atoms with Crippen LogP contribution in [-0.2, 0) is 10.0 Å². The number of sulfonamides is 1. The van der Waals surface area contributed by atoms with Crippen LogP contribution in [0.25, 0.3) is 0 Å². The minimum absolute atomic E-state index is 0.0140. The van der Waals surface area contributed by atoms with E-state index in [1.807, 2.05) is 13.8 Å². The zero-order chi connectivity index (χ0) is 18.2. The van der Waals surface area contributed by atoms with Crippen molar-refractivity contribution in [3.05, 3.63) is 29.3 Å². The fraction of sp³-hybridized carbons (Fsp3) is 0.611. The number of nitrogens with zero attached hydrogens (tertiary/aromatic N) is 2. The number of carbonyl (C=O) groups excluding carboxylic acids is 1. The zero-order valence-electron chi connectivity index (χ0n) is 14.8. The maximum Gasteiger partial charge on any atom is 0.254 e. The molecule has 1 aromatic carbocycles. The minimum Gasteiger partial charge on any atom is -0.396 e. The normalized spacial score (nSPS) is 22.7. The summed E-state index contributed by atoms with van der Waals surface area (Å²) in [6.07, 6.45) is 2.79.